The number of aliphatic carboxylic acids is 1. The fourth-order valence-electron chi connectivity index (χ4n) is 5.86. The van der Waals surface area contributed by atoms with Crippen molar-refractivity contribution < 1.29 is 15.0 Å². The molecule has 222 valence electrons. The summed E-state index contributed by atoms with van der Waals surface area (Å²) in [7, 11) is 0. The van der Waals surface area contributed by atoms with Crippen LogP contribution in [0.1, 0.15) is 157 Å². The maximum absolute atomic E-state index is 12.3. The predicted molar refractivity (Wildman–Crippen MR) is 172 cm³/mol. The molecule has 0 bridgehead atoms. The Morgan fingerprint density at radius 1 is 0.675 bits per heavy atom. The van der Waals surface area contributed by atoms with Gasteiger partial charge in [0.15, 0.2) is 0 Å². The summed E-state index contributed by atoms with van der Waals surface area (Å²) in [5.74, 6) is -0.724. The number of aryl methyl sites for hydroxylation is 4. The van der Waals surface area contributed by atoms with Crippen molar-refractivity contribution >= 4 is 11.5 Å². The molecule has 0 spiro atoms. The van der Waals surface area contributed by atoms with Crippen LogP contribution in [-0.2, 0) is 30.5 Å². The molecule has 3 heteroatoms. The lowest BCUT2D eigenvalue weighted by Gasteiger charge is -2.24. The van der Waals surface area contributed by atoms with Crippen molar-refractivity contribution in [3.63, 3.8) is 0 Å². The number of unbranched alkanes of at least 4 members (excludes halogenated alkanes) is 8. The van der Waals surface area contributed by atoms with Crippen molar-refractivity contribution in [1.29, 1.82) is 0 Å². The van der Waals surface area contributed by atoms with Crippen LogP contribution in [0.25, 0.3) is 5.57 Å². The number of carboxylic acids is 1. The molecule has 0 amide bonds. The van der Waals surface area contributed by atoms with Crippen molar-refractivity contribution in [2.75, 3.05) is 0 Å². The molecule has 0 saturated heterocycles. The molecule has 0 heterocycles. The van der Waals surface area contributed by atoms with E-state index in [0.717, 1.165) is 105 Å². The Bertz CT molecular complexity index is 1080. The first-order valence-corrected chi connectivity index (χ1v) is 16.2. The van der Waals surface area contributed by atoms with Crippen molar-refractivity contribution in [3.8, 4) is 5.75 Å². The van der Waals surface area contributed by atoms with E-state index in [9.17, 15) is 15.0 Å². The van der Waals surface area contributed by atoms with Crippen LogP contribution in [0, 0.1) is 0 Å². The van der Waals surface area contributed by atoms with Gasteiger partial charge in [0.25, 0.3) is 0 Å². The second kappa shape index (κ2) is 18.0. The van der Waals surface area contributed by atoms with Gasteiger partial charge in [-0.25, -0.2) is 4.79 Å². The van der Waals surface area contributed by atoms with E-state index in [1.54, 1.807) is 0 Å². The number of rotatable bonds is 20. The zero-order chi connectivity index (χ0) is 29.5. The van der Waals surface area contributed by atoms with Crippen molar-refractivity contribution in [1.82, 2.24) is 0 Å². The van der Waals surface area contributed by atoms with E-state index in [2.05, 4.69) is 65.5 Å². The molecule has 1 unspecified atom stereocenters. The van der Waals surface area contributed by atoms with E-state index < -0.39 is 5.97 Å². The summed E-state index contributed by atoms with van der Waals surface area (Å²) >= 11 is 0. The average Bonchev–Trinajstić information content (AvgIpc) is 2.94. The Labute approximate surface area is 245 Å². The molecule has 3 nitrogen and oxygen atoms in total. The van der Waals surface area contributed by atoms with Crippen LogP contribution in [0.3, 0.4) is 0 Å². The summed E-state index contributed by atoms with van der Waals surface area (Å²) in [4.78, 5) is 12.3. The minimum Gasteiger partial charge on any atom is -0.507 e. The predicted octanol–water partition coefficient (Wildman–Crippen LogP) is 10.6. The minimum absolute atomic E-state index is 0.141. The molecule has 2 rings (SSSR count). The summed E-state index contributed by atoms with van der Waals surface area (Å²) < 4.78 is 0. The SMILES string of the molecule is C=C(C(=O)O)c1c(CCCCC)cc(CCCCC)cc1C(C)c1cc(CCCCC)cc(CCCCC)c1O. The lowest BCUT2D eigenvalue weighted by atomic mass is 9.80. The normalized spacial score (nSPS) is 12.0. The summed E-state index contributed by atoms with van der Waals surface area (Å²) in [5.41, 5.74) is 7.53. The highest BCUT2D eigenvalue weighted by Gasteiger charge is 2.25. The first-order chi connectivity index (χ1) is 19.3. The summed E-state index contributed by atoms with van der Waals surface area (Å²) in [6.07, 6.45) is 17.3. The molecule has 0 aliphatic heterocycles. The van der Waals surface area contributed by atoms with Gasteiger partial charge in [-0.05, 0) is 84.7 Å². The molecular formula is C37H56O3. The van der Waals surface area contributed by atoms with E-state index in [0.29, 0.717) is 5.75 Å². The van der Waals surface area contributed by atoms with Crippen molar-refractivity contribution in [2.24, 2.45) is 0 Å². The molecule has 2 aromatic rings. The molecule has 1 atom stereocenters. The zero-order valence-electron chi connectivity index (χ0n) is 26.2. The monoisotopic (exact) mass is 548 g/mol. The minimum atomic E-state index is -0.971. The molecule has 0 fully saturated rings. The van der Waals surface area contributed by atoms with Crippen LogP contribution in [0.15, 0.2) is 30.8 Å². The maximum atomic E-state index is 12.3. The van der Waals surface area contributed by atoms with Crippen LogP contribution in [-0.4, -0.2) is 16.2 Å². The van der Waals surface area contributed by atoms with Gasteiger partial charge in [0.2, 0.25) is 0 Å². The van der Waals surface area contributed by atoms with Gasteiger partial charge < -0.3 is 10.2 Å². The van der Waals surface area contributed by atoms with Gasteiger partial charge in [0.1, 0.15) is 5.75 Å². The van der Waals surface area contributed by atoms with Gasteiger partial charge in [0.05, 0.1) is 5.57 Å². The maximum Gasteiger partial charge on any atom is 0.335 e. The number of hydrogen-bond donors (Lipinski definition) is 2. The summed E-state index contributed by atoms with van der Waals surface area (Å²) in [6, 6.07) is 8.85. The van der Waals surface area contributed by atoms with E-state index in [1.165, 1.54) is 36.8 Å². The van der Waals surface area contributed by atoms with Crippen LogP contribution in [0.4, 0.5) is 0 Å². The number of benzene rings is 2. The van der Waals surface area contributed by atoms with Crippen LogP contribution < -0.4 is 0 Å². The van der Waals surface area contributed by atoms with E-state index in [4.69, 9.17) is 0 Å². The van der Waals surface area contributed by atoms with Gasteiger partial charge in [-0.15, -0.1) is 0 Å². The Hall–Kier alpha value is -2.55. The molecule has 0 aliphatic rings. The standard InChI is InChI=1S/C37H56O3/c1-7-11-15-19-29-23-31(21-17-13-9-3)35(28(6)37(39)40)33(25-29)27(5)34-26-30(20-16-12-8-2)24-32(36(34)38)22-18-14-10-4/h23-27,38H,6-22H2,1-5H3,(H,39,40). The Morgan fingerprint density at radius 2 is 1.10 bits per heavy atom. The molecule has 2 N–H and O–H groups in total. The first-order valence-electron chi connectivity index (χ1n) is 16.2. The zero-order valence-corrected chi connectivity index (χ0v) is 26.2. The highest BCUT2D eigenvalue weighted by molar-refractivity contribution is 6.15. The van der Waals surface area contributed by atoms with Crippen molar-refractivity contribution in [2.45, 2.75) is 143 Å². The second-order valence-electron chi connectivity index (χ2n) is 11.7. The van der Waals surface area contributed by atoms with Gasteiger partial charge in [0, 0.05) is 11.5 Å². The van der Waals surface area contributed by atoms with Crippen LogP contribution >= 0.6 is 0 Å². The number of phenols is 1. The van der Waals surface area contributed by atoms with Gasteiger partial charge in [-0.1, -0.05) is 117 Å². The van der Waals surface area contributed by atoms with Crippen LogP contribution in [0.2, 0.25) is 0 Å². The highest BCUT2D eigenvalue weighted by atomic mass is 16.4. The summed E-state index contributed by atoms with van der Waals surface area (Å²) in [6.45, 7) is 15.0. The lowest BCUT2D eigenvalue weighted by molar-refractivity contribution is -0.130. The van der Waals surface area contributed by atoms with Crippen molar-refractivity contribution in [3.05, 3.63) is 69.8 Å². The smallest absolute Gasteiger partial charge is 0.335 e. The van der Waals surface area contributed by atoms with E-state index in [-0.39, 0.29) is 11.5 Å². The quantitative estimate of drug-likeness (QED) is 0.128. The second-order valence-corrected chi connectivity index (χ2v) is 11.7. The number of hydrogen-bond acceptors (Lipinski definition) is 2. The molecule has 0 radical (unpaired) electrons. The molecule has 0 aromatic heterocycles. The molecule has 40 heavy (non-hydrogen) atoms. The number of carboxylic acid groups (broad SMARTS) is 1. The number of aromatic hydroxyl groups is 1. The van der Waals surface area contributed by atoms with Gasteiger partial charge in [-0.2, -0.15) is 0 Å². The van der Waals surface area contributed by atoms with Gasteiger partial charge >= 0.3 is 5.97 Å². The molecule has 0 saturated carbocycles. The largest absolute Gasteiger partial charge is 0.507 e. The third-order valence-corrected chi connectivity index (χ3v) is 8.32. The number of carbonyl (C=O) groups is 1. The fourth-order valence-corrected chi connectivity index (χ4v) is 5.86. The lowest BCUT2D eigenvalue weighted by Crippen LogP contribution is -2.11. The average molecular weight is 549 g/mol. The third kappa shape index (κ3) is 9.82. The van der Waals surface area contributed by atoms with Crippen LogP contribution in [0.5, 0.6) is 5.75 Å². The molecule has 2 aromatic carbocycles. The third-order valence-electron chi connectivity index (χ3n) is 8.32. The van der Waals surface area contributed by atoms with Gasteiger partial charge in [-0.3, -0.25) is 0 Å². The Morgan fingerprint density at radius 3 is 1.57 bits per heavy atom. The van der Waals surface area contributed by atoms with E-state index >= 15 is 0 Å². The number of phenolic OH excluding ortho intramolecular Hbond substituents is 1. The topological polar surface area (TPSA) is 57.5 Å². The fraction of sp³-hybridized carbons (Fsp3) is 0.595. The molecule has 0 aliphatic carbocycles. The Balaban J connectivity index is 2.70. The first kappa shape index (κ1) is 33.7. The summed E-state index contributed by atoms with van der Waals surface area (Å²) in [5, 5.41) is 21.7. The highest BCUT2D eigenvalue weighted by Crippen LogP contribution is 2.40. The Kier molecular flexibility index (Phi) is 15.1. The molecular weight excluding hydrogens is 492 g/mol. The van der Waals surface area contributed by atoms with E-state index in [1.807, 2.05) is 0 Å².